The van der Waals surface area contributed by atoms with Crippen LogP contribution in [0.4, 0.5) is 0 Å². The Balaban J connectivity index is 1.95. The molecule has 6 heteroatoms. The molecule has 0 amide bonds. The Bertz CT molecular complexity index is 584. The second-order valence-corrected chi connectivity index (χ2v) is 5.72. The second kappa shape index (κ2) is 5.93. The molecular formula is C14H23N3O3. The summed E-state index contributed by atoms with van der Waals surface area (Å²) in [6.45, 7) is 2.22. The third kappa shape index (κ3) is 3.19. The number of nitrogens with zero attached hydrogens (tertiary/aromatic N) is 2. The minimum Gasteiger partial charge on any atom is -0.385 e. The molecule has 2 rings (SSSR count). The molecule has 6 nitrogen and oxygen atoms in total. The predicted molar refractivity (Wildman–Crippen MR) is 76.8 cm³/mol. The van der Waals surface area contributed by atoms with Crippen LogP contribution in [0.15, 0.2) is 15.7 Å². The minimum absolute atomic E-state index is 0.259. The van der Waals surface area contributed by atoms with Crippen LogP contribution in [0.3, 0.4) is 0 Å². The Kier molecular flexibility index (Phi) is 4.45. The average Bonchev–Trinajstić information content (AvgIpc) is 3.20. The maximum Gasteiger partial charge on any atom is 0.330 e. The van der Waals surface area contributed by atoms with Crippen molar-refractivity contribution < 1.29 is 4.74 Å². The Morgan fingerprint density at radius 3 is 2.60 bits per heavy atom. The lowest BCUT2D eigenvalue weighted by molar-refractivity contribution is 0.171. The Labute approximate surface area is 118 Å². The maximum atomic E-state index is 11.8. The summed E-state index contributed by atoms with van der Waals surface area (Å²) in [7, 11) is 4.90. The normalized spacial score (nSPS) is 16.4. The molecule has 1 aromatic heterocycles. The average molecular weight is 281 g/mol. The summed E-state index contributed by atoms with van der Waals surface area (Å²) in [4.78, 5) is 23.4. The summed E-state index contributed by atoms with van der Waals surface area (Å²) in [5.41, 5.74) is 0.537. The highest BCUT2D eigenvalue weighted by atomic mass is 16.5. The molecule has 1 aliphatic carbocycles. The summed E-state index contributed by atoms with van der Waals surface area (Å²) in [5.74, 6) is 0. The molecule has 0 aromatic carbocycles. The molecule has 0 aliphatic heterocycles. The van der Waals surface area contributed by atoms with E-state index in [1.807, 2.05) is 0 Å². The van der Waals surface area contributed by atoms with Crippen molar-refractivity contribution >= 4 is 0 Å². The van der Waals surface area contributed by atoms with Gasteiger partial charge in [-0.2, -0.15) is 0 Å². The fraction of sp³-hybridized carbons (Fsp3) is 0.714. The van der Waals surface area contributed by atoms with Crippen LogP contribution in [0.2, 0.25) is 0 Å². The van der Waals surface area contributed by atoms with E-state index in [0.29, 0.717) is 12.0 Å². The van der Waals surface area contributed by atoms with E-state index in [2.05, 4.69) is 5.32 Å². The molecule has 0 saturated heterocycles. The SMILES string of the molecule is COCCC1(CNCc2cc(=O)n(C)c(=O)n2C)CC1. The molecule has 20 heavy (non-hydrogen) atoms. The van der Waals surface area contributed by atoms with Crippen molar-refractivity contribution in [1.82, 2.24) is 14.5 Å². The number of methoxy groups -OCH3 is 1. The van der Waals surface area contributed by atoms with Gasteiger partial charge in [-0.05, 0) is 24.7 Å². The van der Waals surface area contributed by atoms with E-state index in [-0.39, 0.29) is 11.2 Å². The van der Waals surface area contributed by atoms with Crippen LogP contribution in [0.1, 0.15) is 25.0 Å². The number of nitrogens with one attached hydrogen (secondary N) is 1. The van der Waals surface area contributed by atoms with Gasteiger partial charge in [-0.15, -0.1) is 0 Å². The highest BCUT2D eigenvalue weighted by Crippen LogP contribution is 2.48. The zero-order chi connectivity index (χ0) is 14.8. The maximum absolute atomic E-state index is 11.8. The Morgan fingerprint density at radius 2 is 2.00 bits per heavy atom. The van der Waals surface area contributed by atoms with E-state index >= 15 is 0 Å². The van der Waals surface area contributed by atoms with Gasteiger partial charge in [-0.1, -0.05) is 0 Å². The molecule has 1 N–H and O–H groups in total. The molecule has 1 aliphatic rings. The van der Waals surface area contributed by atoms with E-state index in [0.717, 1.165) is 29.8 Å². The van der Waals surface area contributed by atoms with Crippen molar-refractivity contribution in [3.8, 4) is 0 Å². The lowest BCUT2D eigenvalue weighted by atomic mass is 10.0. The highest BCUT2D eigenvalue weighted by Gasteiger charge is 2.41. The Hall–Kier alpha value is -1.40. The molecule has 112 valence electrons. The van der Waals surface area contributed by atoms with Crippen molar-refractivity contribution in [1.29, 1.82) is 0 Å². The highest BCUT2D eigenvalue weighted by molar-refractivity contribution is 5.03. The summed E-state index contributed by atoms with van der Waals surface area (Å²) in [5, 5.41) is 3.36. The van der Waals surface area contributed by atoms with Crippen LogP contribution in [-0.2, 0) is 25.4 Å². The van der Waals surface area contributed by atoms with E-state index in [1.165, 1.54) is 30.5 Å². The van der Waals surface area contributed by atoms with Gasteiger partial charge in [0, 0.05) is 52.7 Å². The van der Waals surface area contributed by atoms with Crippen LogP contribution in [-0.4, -0.2) is 29.4 Å². The third-order valence-electron chi connectivity index (χ3n) is 4.23. The largest absolute Gasteiger partial charge is 0.385 e. The Morgan fingerprint density at radius 1 is 1.30 bits per heavy atom. The number of hydrogen-bond donors (Lipinski definition) is 1. The molecule has 0 unspecified atom stereocenters. The van der Waals surface area contributed by atoms with Gasteiger partial charge in [0.1, 0.15) is 0 Å². The number of ether oxygens (including phenoxy) is 1. The van der Waals surface area contributed by atoms with Gasteiger partial charge in [-0.3, -0.25) is 13.9 Å². The van der Waals surface area contributed by atoms with Crippen molar-refractivity contribution in [2.45, 2.75) is 25.8 Å². The summed E-state index contributed by atoms with van der Waals surface area (Å²) in [6.07, 6.45) is 3.50. The summed E-state index contributed by atoms with van der Waals surface area (Å²) in [6, 6.07) is 1.52. The lowest BCUT2D eigenvalue weighted by Gasteiger charge is -2.16. The first kappa shape index (κ1) is 15.0. The third-order valence-corrected chi connectivity index (χ3v) is 4.23. The van der Waals surface area contributed by atoms with Crippen LogP contribution in [0.5, 0.6) is 0 Å². The fourth-order valence-electron chi connectivity index (χ4n) is 2.41. The first-order chi connectivity index (χ1) is 9.49. The van der Waals surface area contributed by atoms with E-state index < -0.39 is 0 Å². The lowest BCUT2D eigenvalue weighted by Crippen LogP contribution is -2.39. The molecule has 1 aromatic rings. The van der Waals surface area contributed by atoms with Crippen LogP contribution in [0.25, 0.3) is 0 Å². The zero-order valence-corrected chi connectivity index (χ0v) is 12.4. The molecule has 0 radical (unpaired) electrons. The number of hydrogen-bond acceptors (Lipinski definition) is 4. The number of aromatic nitrogens is 2. The quantitative estimate of drug-likeness (QED) is 0.763. The molecule has 1 heterocycles. The van der Waals surface area contributed by atoms with Crippen molar-refractivity contribution in [3.63, 3.8) is 0 Å². The van der Waals surface area contributed by atoms with Crippen LogP contribution < -0.4 is 16.6 Å². The molecule has 0 bridgehead atoms. The van der Waals surface area contributed by atoms with Gasteiger partial charge in [0.2, 0.25) is 0 Å². The summed E-state index contributed by atoms with van der Waals surface area (Å²) < 4.78 is 7.76. The van der Waals surface area contributed by atoms with E-state index in [4.69, 9.17) is 4.74 Å². The molecular weight excluding hydrogens is 258 g/mol. The van der Waals surface area contributed by atoms with Crippen molar-refractivity contribution in [3.05, 3.63) is 32.6 Å². The molecule has 1 saturated carbocycles. The van der Waals surface area contributed by atoms with Gasteiger partial charge in [0.15, 0.2) is 0 Å². The van der Waals surface area contributed by atoms with Crippen LogP contribution in [0, 0.1) is 5.41 Å². The standard InChI is InChI=1S/C14H23N3O3/c1-16-11(8-12(18)17(2)13(16)19)9-15-10-14(4-5-14)6-7-20-3/h8,15H,4-7,9-10H2,1-3H3. The predicted octanol–water partition coefficient (Wildman–Crippen LogP) is -0.00970. The number of rotatable bonds is 7. The smallest absolute Gasteiger partial charge is 0.330 e. The van der Waals surface area contributed by atoms with Crippen molar-refractivity contribution in [2.24, 2.45) is 19.5 Å². The van der Waals surface area contributed by atoms with Gasteiger partial charge in [0.25, 0.3) is 5.56 Å². The van der Waals surface area contributed by atoms with Crippen LogP contribution >= 0.6 is 0 Å². The topological polar surface area (TPSA) is 65.3 Å². The van der Waals surface area contributed by atoms with E-state index in [1.54, 1.807) is 14.2 Å². The van der Waals surface area contributed by atoms with Gasteiger partial charge in [0.05, 0.1) is 0 Å². The van der Waals surface area contributed by atoms with Gasteiger partial charge >= 0.3 is 5.69 Å². The minimum atomic E-state index is -0.283. The molecule has 0 atom stereocenters. The molecule has 0 spiro atoms. The first-order valence-electron chi connectivity index (χ1n) is 6.95. The van der Waals surface area contributed by atoms with Crippen molar-refractivity contribution in [2.75, 3.05) is 20.3 Å². The monoisotopic (exact) mass is 281 g/mol. The van der Waals surface area contributed by atoms with Gasteiger partial charge < -0.3 is 10.1 Å². The zero-order valence-electron chi connectivity index (χ0n) is 12.4. The first-order valence-corrected chi connectivity index (χ1v) is 6.95. The summed E-state index contributed by atoms with van der Waals surface area (Å²) >= 11 is 0. The molecule has 1 fully saturated rings. The fourth-order valence-corrected chi connectivity index (χ4v) is 2.41. The second-order valence-electron chi connectivity index (χ2n) is 5.72. The van der Waals surface area contributed by atoms with E-state index in [9.17, 15) is 9.59 Å². The van der Waals surface area contributed by atoms with Gasteiger partial charge in [-0.25, -0.2) is 4.79 Å².